The first-order valence-corrected chi connectivity index (χ1v) is 3.68. The highest BCUT2D eigenvalue weighted by Crippen LogP contribution is 2.07. The second kappa shape index (κ2) is 3.81. The van der Waals surface area contributed by atoms with Crippen molar-refractivity contribution >= 4 is 0 Å². The number of rotatable bonds is 2. The van der Waals surface area contributed by atoms with E-state index in [2.05, 4.69) is 19.1 Å². The molecule has 1 nitrogen and oxygen atoms in total. The van der Waals surface area contributed by atoms with Gasteiger partial charge in [-0.3, -0.25) is 0 Å². The van der Waals surface area contributed by atoms with Crippen molar-refractivity contribution < 1.29 is 5.11 Å². The van der Waals surface area contributed by atoms with Gasteiger partial charge in [0.05, 0.1) is 6.26 Å². The zero-order valence-corrected chi connectivity index (χ0v) is 6.62. The fraction of sp³-hybridized carbons (Fsp3) is 0.200. The van der Waals surface area contributed by atoms with Crippen LogP contribution in [0.1, 0.15) is 11.1 Å². The highest BCUT2D eigenvalue weighted by atomic mass is 16.2. The van der Waals surface area contributed by atoms with Crippen molar-refractivity contribution in [1.82, 2.24) is 0 Å². The van der Waals surface area contributed by atoms with Crippen LogP contribution in [0, 0.1) is 6.92 Å². The Bertz CT molecular complexity index is 251. The van der Waals surface area contributed by atoms with E-state index >= 15 is 0 Å². The van der Waals surface area contributed by atoms with Gasteiger partial charge in [-0.25, -0.2) is 0 Å². The number of hydrogen-bond acceptors (Lipinski definition) is 1. The molecule has 0 spiro atoms. The van der Waals surface area contributed by atoms with Crippen molar-refractivity contribution in [2.75, 3.05) is 0 Å². The molecule has 0 heterocycles. The molecular weight excluding hydrogens is 136 g/mol. The number of aliphatic hydroxyl groups excluding tert-OH is 1. The summed E-state index contributed by atoms with van der Waals surface area (Å²) < 4.78 is 0. The van der Waals surface area contributed by atoms with Crippen LogP contribution in [-0.4, -0.2) is 5.11 Å². The Hall–Kier alpha value is -1.24. The molecule has 58 valence electrons. The van der Waals surface area contributed by atoms with Gasteiger partial charge in [0, 0.05) is 0 Å². The molecule has 0 saturated heterocycles. The summed E-state index contributed by atoms with van der Waals surface area (Å²) in [7, 11) is 0. The van der Waals surface area contributed by atoms with Crippen molar-refractivity contribution in [3.8, 4) is 0 Å². The summed E-state index contributed by atoms with van der Waals surface area (Å²) >= 11 is 0. The molecule has 0 radical (unpaired) electrons. The van der Waals surface area contributed by atoms with Crippen LogP contribution in [0.2, 0.25) is 0 Å². The Morgan fingerprint density at radius 1 is 1.36 bits per heavy atom. The van der Waals surface area contributed by atoms with E-state index < -0.39 is 0 Å². The van der Waals surface area contributed by atoms with E-state index in [1.807, 2.05) is 12.1 Å². The molecule has 1 N–H and O–H groups in total. The molecule has 0 amide bonds. The summed E-state index contributed by atoms with van der Waals surface area (Å²) in [4.78, 5) is 0. The Morgan fingerprint density at radius 3 is 2.73 bits per heavy atom. The zero-order valence-electron chi connectivity index (χ0n) is 6.62. The standard InChI is InChI=1S/C10H12O/c1-9-5-2-3-6-10(9)7-4-8-11/h2-6,8,11H,7H2,1H3/b8-4+. The summed E-state index contributed by atoms with van der Waals surface area (Å²) in [6.07, 6.45) is 3.64. The predicted octanol–water partition coefficient (Wildman–Crippen LogP) is 2.61. The van der Waals surface area contributed by atoms with Gasteiger partial charge in [-0.05, 0) is 30.5 Å². The minimum atomic E-state index is 0.809. The van der Waals surface area contributed by atoms with Crippen molar-refractivity contribution in [1.29, 1.82) is 0 Å². The summed E-state index contributed by atoms with van der Waals surface area (Å²) in [6, 6.07) is 8.16. The van der Waals surface area contributed by atoms with Gasteiger partial charge in [-0.1, -0.05) is 24.3 Å². The quantitative estimate of drug-likeness (QED) is 0.639. The van der Waals surface area contributed by atoms with Crippen molar-refractivity contribution in [3.05, 3.63) is 47.7 Å². The zero-order chi connectivity index (χ0) is 8.10. The SMILES string of the molecule is Cc1ccccc1C/C=C/O. The van der Waals surface area contributed by atoms with Gasteiger partial charge in [-0.2, -0.15) is 0 Å². The maximum absolute atomic E-state index is 8.44. The lowest BCUT2D eigenvalue weighted by molar-refractivity contribution is 0.471. The first kappa shape index (κ1) is 7.86. The van der Waals surface area contributed by atoms with Crippen LogP contribution in [-0.2, 0) is 6.42 Å². The van der Waals surface area contributed by atoms with Crippen LogP contribution < -0.4 is 0 Å². The third-order valence-electron chi connectivity index (χ3n) is 1.70. The molecule has 0 atom stereocenters. The van der Waals surface area contributed by atoms with Gasteiger partial charge in [0.1, 0.15) is 0 Å². The number of allylic oxidation sites excluding steroid dienone is 1. The third-order valence-corrected chi connectivity index (χ3v) is 1.70. The van der Waals surface area contributed by atoms with Gasteiger partial charge < -0.3 is 5.11 Å². The molecule has 0 aliphatic heterocycles. The molecule has 1 heteroatoms. The van der Waals surface area contributed by atoms with Crippen LogP contribution in [0.5, 0.6) is 0 Å². The van der Waals surface area contributed by atoms with Gasteiger partial charge >= 0.3 is 0 Å². The molecule has 0 unspecified atom stereocenters. The molecule has 1 aromatic rings. The van der Waals surface area contributed by atoms with Crippen molar-refractivity contribution in [3.63, 3.8) is 0 Å². The number of benzene rings is 1. The molecule has 1 rings (SSSR count). The predicted molar refractivity (Wildman–Crippen MR) is 46.7 cm³/mol. The summed E-state index contributed by atoms with van der Waals surface area (Å²) in [5.74, 6) is 0. The molecule has 11 heavy (non-hydrogen) atoms. The van der Waals surface area contributed by atoms with Gasteiger partial charge in [0.15, 0.2) is 0 Å². The van der Waals surface area contributed by atoms with Gasteiger partial charge in [0.2, 0.25) is 0 Å². The average Bonchev–Trinajstić information content (AvgIpc) is 2.03. The fourth-order valence-electron chi connectivity index (χ4n) is 1.02. The first-order valence-electron chi connectivity index (χ1n) is 3.68. The third kappa shape index (κ3) is 2.11. The second-order valence-corrected chi connectivity index (χ2v) is 2.52. The van der Waals surface area contributed by atoms with E-state index in [0.29, 0.717) is 0 Å². The molecule has 0 aromatic heterocycles. The maximum Gasteiger partial charge on any atom is 0.0755 e. The highest BCUT2D eigenvalue weighted by Gasteiger charge is 1.91. The molecule has 0 aliphatic carbocycles. The fourth-order valence-corrected chi connectivity index (χ4v) is 1.02. The molecule has 0 fully saturated rings. The monoisotopic (exact) mass is 148 g/mol. The van der Waals surface area contributed by atoms with E-state index in [0.717, 1.165) is 12.7 Å². The Labute approximate surface area is 67.0 Å². The maximum atomic E-state index is 8.44. The van der Waals surface area contributed by atoms with Gasteiger partial charge in [-0.15, -0.1) is 0 Å². The summed E-state index contributed by atoms with van der Waals surface area (Å²) in [6.45, 7) is 2.07. The van der Waals surface area contributed by atoms with Gasteiger partial charge in [0.25, 0.3) is 0 Å². The number of aliphatic hydroxyl groups is 1. The first-order chi connectivity index (χ1) is 5.34. The topological polar surface area (TPSA) is 20.2 Å². The average molecular weight is 148 g/mol. The molecular formula is C10H12O. The normalized spacial score (nSPS) is 10.6. The Kier molecular flexibility index (Phi) is 2.73. The lowest BCUT2D eigenvalue weighted by Gasteiger charge is -1.99. The molecule has 0 aliphatic rings. The second-order valence-electron chi connectivity index (χ2n) is 2.52. The van der Waals surface area contributed by atoms with Crippen LogP contribution in [0.25, 0.3) is 0 Å². The van der Waals surface area contributed by atoms with Crippen LogP contribution in [0.3, 0.4) is 0 Å². The minimum absolute atomic E-state index is 0.809. The van der Waals surface area contributed by atoms with E-state index in [4.69, 9.17) is 5.11 Å². The van der Waals surface area contributed by atoms with Crippen LogP contribution in [0.4, 0.5) is 0 Å². The molecule has 0 saturated carbocycles. The summed E-state index contributed by atoms with van der Waals surface area (Å²) in [5.41, 5.74) is 2.53. The minimum Gasteiger partial charge on any atom is -0.516 e. The number of aryl methyl sites for hydroxylation is 1. The van der Waals surface area contributed by atoms with E-state index in [1.54, 1.807) is 6.08 Å². The van der Waals surface area contributed by atoms with E-state index in [-0.39, 0.29) is 0 Å². The van der Waals surface area contributed by atoms with Crippen LogP contribution in [0.15, 0.2) is 36.6 Å². The Morgan fingerprint density at radius 2 is 2.09 bits per heavy atom. The van der Waals surface area contributed by atoms with Crippen molar-refractivity contribution in [2.45, 2.75) is 13.3 Å². The summed E-state index contributed by atoms with van der Waals surface area (Å²) in [5, 5.41) is 8.44. The van der Waals surface area contributed by atoms with E-state index in [9.17, 15) is 0 Å². The van der Waals surface area contributed by atoms with E-state index in [1.165, 1.54) is 11.1 Å². The number of hydrogen-bond donors (Lipinski definition) is 1. The van der Waals surface area contributed by atoms with Crippen LogP contribution >= 0.6 is 0 Å². The molecule has 1 aromatic carbocycles. The molecule has 0 bridgehead atoms. The Balaban J connectivity index is 2.77. The highest BCUT2D eigenvalue weighted by molar-refractivity contribution is 5.27. The largest absolute Gasteiger partial charge is 0.516 e. The smallest absolute Gasteiger partial charge is 0.0755 e. The lowest BCUT2D eigenvalue weighted by Crippen LogP contribution is -1.84. The van der Waals surface area contributed by atoms with Crippen molar-refractivity contribution in [2.24, 2.45) is 0 Å². The lowest BCUT2D eigenvalue weighted by atomic mass is 10.1.